The van der Waals surface area contributed by atoms with Crippen LogP contribution in [0.4, 0.5) is 19.0 Å². The number of ether oxygens (including phenoxy) is 1. The summed E-state index contributed by atoms with van der Waals surface area (Å²) in [6.45, 7) is 6.34. The molecule has 2 rings (SSSR count). The van der Waals surface area contributed by atoms with Crippen LogP contribution in [0.3, 0.4) is 0 Å². The highest BCUT2D eigenvalue weighted by Gasteiger charge is 2.35. The fourth-order valence-electron chi connectivity index (χ4n) is 2.67. The summed E-state index contributed by atoms with van der Waals surface area (Å²) in [5.41, 5.74) is 5.39. The van der Waals surface area contributed by atoms with Gasteiger partial charge in [0.15, 0.2) is 0 Å². The van der Waals surface area contributed by atoms with E-state index in [0.717, 1.165) is 12.5 Å². The van der Waals surface area contributed by atoms with Gasteiger partial charge in [0.05, 0.1) is 17.9 Å². The van der Waals surface area contributed by atoms with Crippen molar-refractivity contribution in [1.29, 1.82) is 0 Å². The van der Waals surface area contributed by atoms with E-state index < -0.39 is 11.7 Å². The molecule has 136 valence electrons. The maximum Gasteiger partial charge on any atom is 0.419 e. The molecule has 1 heterocycles. The number of hydrogen-bond acceptors (Lipinski definition) is 4. The van der Waals surface area contributed by atoms with Gasteiger partial charge in [-0.05, 0) is 36.5 Å². The van der Waals surface area contributed by atoms with Crippen molar-refractivity contribution in [3.8, 4) is 17.0 Å². The molecule has 2 N–H and O–H groups in total. The topological polar surface area (TPSA) is 61.0 Å². The average Bonchev–Trinajstić information content (AvgIpc) is 2.51. The molecule has 0 saturated heterocycles. The highest BCUT2D eigenvalue weighted by Crippen LogP contribution is 2.38. The van der Waals surface area contributed by atoms with E-state index in [0.29, 0.717) is 17.2 Å². The van der Waals surface area contributed by atoms with Gasteiger partial charge in [0.1, 0.15) is 17.9 Å². The average molecular weight is 353 g/mol. The summed E-state index contributed by atoms with van der Waals surface area (Å²) in [4.78, 5) is 7.72. The summed E-state index contributed by atoms with van der Waals surface area (Å²) in [5.74, 6) is 0.656. The molecule has 1 aromatic heterocycles. The second-order valence-corrected chi connectivity index (χ2v) is 6.58. The van der Waals surface area contributed by atoms with Gasteiger partial charge < -0.3 is 10.5 Å². The molecule has 0 bridgehead atoms. The minimum absolute atomic E-state index is 0.169. The third-order valence-corrected chi connectivity index (χ3v) is 3.67. The van der Waals surface area contributed by atoms with Crippen molar-refractivity contribution in [3.63, 3.8) is 0 Å². The molecule has 0 saturated carbocycles. The molecular weight excluding hydrogens is 331 g/mol. The number of rotatable bonds is 6. The predicted octanol–water partition coefficient (Wildman–Crippen LogP) is 4.81. The van der Waals surface area contributed by atoms with Crippen molar-refractivity contribution in [3.05, 3.63) is 36.2 Å². The van der Waals surface area contributed by atoms with Crippen molar-refractivity contribution in [2.75, 3.05) is 12.3 Å². The normalized spacial score (nSPS) is 13.1. The Bertz CT molecular complexity index is 717. The third-order valence-electron chi connectivity index (χ3n) is 3.67. The van der Waals surface area contributed by atoms with Crippen molar-refractivity contribution in [2.24, 2.45) is 11.8 Å². The van der Waals surface area contributed by atoms with Crippen LogP contribution in [0.2, 0.25) is 0 Å². The van der Waals surface area contributed by atoms with E-state index in [9.17, 15) is 13.2 Å². The van der Waals surface area contributed by atoms with Gasteiger partial charge >= 0.3 is 6.18 Å². The number of halogens is 3. The van der Waals surface area contributed by atoms with E-state index in [1.807, 2.05) is 6.92 Å². The van der Waals surface area contributed by atoms with Crippen LogP contribution in [-0.2, 0) is 6.18 Å². The van der Waals surface area contributed by atoms with E-state index in [-0.39, 0.29) is 24.1 Å². The molecule has 2 aromatic rings. The van der Waals surface area contributed by atoms with Crippen molar-refractivity contribution in [1.82, 2.24) is 9.97 Å². The van der Waals surface area contributed by atoms with Crippen LogP contribution in [0.25, 0.3) is 11.3 Å². The number of nitrogens with two attached hydrogens (primary N) is 1. The zero-order valence-electron chi connectivity index (χ0n) is 14.5. The largest absolute Gasteiger partial charge is 0.493 e. The van der Waals surface area contributed by atoms with E-state index in [4.69, 9.17) is 10.5 Å². The lowest BCUT2D eigenvalue weighted by atomic mass is 10.00. The van der Waals surface area contributed by atoms with E-state index in [2.05, 4.69) is 23.8 Å². The Morgan fingerprint density at radius 1 is 1.12 bits per heavy atom. The Balaban J connectivity index is 2.29. The van der Waals surface area contributed by atoms with Gasteiger partial charge in [0, 0.05) is 11.6 Å². The lowest BCUT2D eigenvalue weighted by Gasteiger charge is -2.19. The molecule has 0 fully saturated rings. The summed E-state index contributed by atoms with van der Waals surface area (Å²) in [6.07, 6.45) is -2.42. The molecule has 0 aliphatic heterocycles. The smallest absolute Gasteiger partial charge is 0.419 e. The van der Waals surface area contributed by atoms with Crippen LogP contribution in [0.15, 0.2) is 30.6 Å². The number of hydrogen-bond donors (Lipinski definition) is 1. The second kappa shape index (κ2) is 7.72. The lowest BCUT2D eigenvalue weighted by Crippen LogP contribution is -2.14. The van der Waals surface area contributed by atoms with Gasteiger partial charge in [0.2, 0.25) is 0 Å². The summed E-state index contributed by atoms with van der Waals surface area (Å²) in [5, 5.41) is 0. The first-order valence-corrected chi connectivity index (χ1v) is 8.08. The number of alkyl halides is 3. The van der Waals surface area contributed by atoms with Crippen LogP contribution < -0.4 is 10.5 Å². The number of anilines is 1. The Morgan fingerprint density at radius 2 is 1.84 bits per heavy atom. The predicted molar refractivity (Wildman–Crippen MR) is 91.0 cm³/mol. The summed E-state index contributed by atoms with van der Waals surface area (Å²) in [7, 11) is 0. The molecule has 0 spiro atoms. The monoisotopic (exact) mass is 353 g/mol. The summed E-state index contributed by atoms with van der Waals surface area (Å²) in [6, 6.07) is 5.34. The van der Waals surface area contributed by atoms with Crippen molar-refractivity contribution in [2.45, 2.75) is 33.4 Å². The first-order chi connectivity index (χ1) is 11.7. The van der Waals surface area contributed by atoms with Crippen molar-refractivity contribution >= 4 is 5.82 Å². The van der Waals surface area contributed by atoms with Gasteiger partial charge in [-0.3, -0.25) is 0 Å². The van der Waals surface area contributed by atoms with Gasteiger partial charge in [-0.15, -0.1) is 0 Å². The molecule has 0 aliphatic rings. The maximum atomic E-state index is 13.4. The molecule has 1 atom stereocenters. The van der Waals surface area contributed by atoms with Crippen LogP contribution in [0, 0.1) is 11.8 Å². The molecule has 0 unspecified atom stereocenters. The Labute approximate surface area is 145 Å². The molecule has 0 aliphatic carbocycles. The molecule has 1 aromatic carbocycles. The second-order valence-electron chi connectivity index (χ2n) is 6.58. The fourth-order valence-corrected chi connectivity index (χ4v) is 2.67. The summed E-state index contributed by atoms with van der Waals surface area (Å²) >= 11 is 0. The number of benzene rings is 1. The zero-order valence-corrected chi connectivity index (χ0v) is 14.5. The minimum Gasteiger partial charge on any atom is -0.493 e. The standard InChI is InChI=1S/C18H22F3N3O/c1-11(2)6-12(3)9-25-16-5-4-13(7-14(16)18(19,20)21)15-8-17(22)24-10-23-15/h4-5,7-8,10-12H,6,9H2,1-3H3,(H2,22,23,24)/t12-/m1/s1. The van der Waals surface area contributed by atoms with E-state index >= 15 is 0 Å². The highest BCUT2D eigenvalue weighted by atomic mass is 19.4. The minimum atomic E-state index is -4.52. The fraction of sp³-hybridized carbons (Fsp3) is 0.444. The number of aromatic nitrogens is 2. The van der Waals surface area contributed by atoms with Gasteiger partial charge in [0.25, 0.3) is 0 Å². The molecule has 25 heavy (non-hydrogen) atoms. The Hall–Kier alpha value is -2.31. The van der Waals surface area contributed by atoms with Crippen LogP contribution in [0.1, 0.15) is 32.8 Å². The summed E-state index contributed by atoms with van der Waals surface area (Å²) < 4.78 is 45.7. The Morgan fingerprint density at radius 3 is 2.44 bits per heavy atom. The maximum absolute atomic E-state index is 13.4. The molecular formula is C18H22F3N3O. The SMILES string of the molecule is CC(C)C[C@@H](C)COc1ccc(-c2cc(N)ncn2)cc1C(F)(F)F. The number of nitrogens with zero attached hydrogens (tertiary/aromatic N) is 2. The zero-order chi connectivity index (χ0) is 18.6. The van der Waals surface area contributed by atoms with Crippen LogP contribution in [-0.4, -0.2) is 16.6 Å². The first kappa shape index (κ1) is 19.0. The molecule has 4 nitrogen and oxygen atoms in total. The molecule has 0 radical (unpaired) electrons. The van der Waals surface area contributed by atoms with Crippen LogP contribution >= 0.6 is 0 Å². The van der Waals surface area contributed by atoms with Crippen molar-refractivity contribution < 1.29 is 17.9 Å². The number of nitrogen functional groups attached to an aromatic ring is 1. The van der Waals surface area contributed by atoms with E-state index in [1.54, 1.807) is 6.07 Å². The Kier molecular flexibility index (Phi) is 5.87. The lowest BCUT2D eigenvalue weighted by molar-refractivity contribution is -0.139. The van der Waals surface area contributed by atoms with Gasteiger partial charge in [-0.25, -0.2) is 9.97 Å². The highest BCUT2D eigenvalue weighted by molar-refractivity contribution is 5.64. The van der Waals surface area contributed by atoms with Gasteiger partial charge in [-0.2, -0.15) is 13.2 Å². The quantitative estimate of drug-likeness (QED) is 0.810. The van der Waals surface area contributed by atoms with Gasteiger partial charge in [-0.1, -0.05) is 20.8 Å². The van der Waals surface area contributed by atoms with E-state index in [1.165, 1.54) is 18.5 Å². The molecule has 7 heteroatoms. The molecule has 0 amide bonds. The van der Waals surface area contributed by atoms with Crippen LogP contribution in [0.5, 0.6) is 5.75 Å². The first-order valence-electron chi connectivity index (χ1n) is 8.08. The third kappa shape index (κ3) is 5.34.